The molecule has 1 heterocycles. The van der Waals surface area contributed by atoms with Crippen LogP contribution in [-0.2, 0) is 28.5 Å². The van der Waals surface area contributed by atoms with Gasteiger partial charge in [0.2, 0.25) is 0 Å². The van der Waals surface area contributed by atoms with Gasteiger partial charge in [0.1, 0.15) is 6.10 Å². The van der Waals surface area contributed by atoms with Gasteiger partial charge in [-0.05, 0) is 12.8 Å². The first-order chi connectivity index (χ1) is 9.90. The molecule has 6 nitrogen and oxygen atoms in total. The van der Waals surface area contributed by atoms with Crippen LogP contribution >= 0.6 is 0 Å². The van der Waals surface area contributed by atoms with Gasteiger partial charge in [0.25, 0.3) is 0 Å². The highest BCUT2D eigenvalue weighted by Gasteiger charge is 2.47. The summed E-state index contributed by atoms with van der Waals surface area (Å²) in [6.07, 6.45) is -0.542. The Kier molecular flexibility index (Phi) is 7.11. The van der Waals surface area contributed by atoms with E-state index in [2.05, 4.69) is 0 Å². The Balaban J connectivity index is 2.97. The molecule has 0 saturated carbocycles. The van der Waals surface area contributed by atoms with Crippen LogP contribution in [0, 0.1) is 5.92 Å². The molecule has 1 saturated heterocycles. The molecule has 122 valence electrons. The van der Waals surface area contributed by atoms with Crippen LogP contribution in [0.3, 0.4) is 0 Å². The monoisotopic (exact) mass is 302 g/mol. The lowest BCUT2D eigenvalue weighted by Crippen LogP contribution is -2.57. The lowest BCUT2D eigenvalue weighted by atomic mass is 9.89. The Morgan fingerprint density at radius 1 is 1.05 bits per heavy atom. The predicted molar refractivity (Wildman–Crippen MR) is 75.5 cm³/mol. The van der Waals surface area contributed by atoms with E-state index in [1.807, 2.05) is 20.8 Å². The van der Waals surface area contributed by atoms with Crippen LogP contribution < -0.4 is 0 Å². The number of hydrogen-bond donors (Lipinski definition) is 0. The lowest BCUT2D eigenvalue weighted by molar-refractivity contribution is -0.290. The lowest BCUT2D eigenvalue weighted by Gasteiger charge is -2.43. The Morgan fingerprint density at radius 2 is 1.62 bits per heavy atom. The van der Waals surface area contributed by atoms with Crippen LogP contribution in [0.15, 0.2) is 0 Å². The minimum atomic E-state index is -0.740. The van der Waals surface area contributed by atoms with Gasteiger partial charge in [-0.25, -0.2) is 0 Å². The van der Waals surface area contributed by atoms with Crippen molar-refractivity contribution in [3.05, 3.63) is 0 Å². The zero-order valence-corrected chi connectivity index (χ0v) is 13.5. The first-order valence-electron chi connectivity index (χ1n) is 7.52. The predicted octanol–water partition coefficient (Wildman–Crippen LogP) is 2.05. The average molecular weight is 302 g/mol. The van der Waals surface area contributed by atoms with Gasteiger partial charge in [0.15, 0.2) is 12.4 Å². The van der Waals surface area contributed by atoms with Crippen molar-refractivity contribution in [2.24, 2.45) is 5.92 Å². The van der Waals surface area contributed by atoms with E-state index in [1.165, 1.54) is 13.8 Å². The van der Waals surface area contributed by atoms with Gasteiger partial charge in [-0.2, -0.15) is 0 Å². The summed E-state index contributed by atoms with van der Waals surface area (Å²) in [6, 6.07) is 0. The zero-order chi connectivity index (χ0) is 16.0. The molecular weight excluding hydrogens is 276 g/mol. The Morgan fingerprint density at radius 3 is 2.10 bits per heavy atom. The number of ether oxygens (including phenoxy) is 4. The summed E-state index contributed by atoms with van der Waals surface area (Å²) in [5, 5.41) is 0. The van der Waals surface area contributed by atoms with E-state index in [0.717, 1.165) is 12.8 Å². The molecule has 1 aliphatic rings. The number of hydrogen-bond acceptors (Lipinski definition) is 6. The first kappa shape index (κ1) is 17.9. The maximum absolute atomic E-state index is 11.4. The van der Waals surface area contributed by atoms with Gasteiger partial charge in [-0.1, -0.05) is 20.8 Å². The summed E-state index contributed by atoms with van der Waals surface area (Å²) in [6.45, 7) is 9.05. The summed E-state index contributed by atoms with van der Waals surface area (Å²) in [5.41, 5.74) is 0. The minimum absolute atomic E-state index is 0.0790. The van der Waals surface area contributed by atoms with Gasteiger partial charge in [-0.15, -0.1) is 0 Å². The van der Waals surface area contributed by atoms with Crippen molar-refractivity contribution in [1.82, 2.24) is 0 Å². The third-order valence-corrected chi connectivity index (χ3v) is 3.50. The second-order valence-electron chi connectivity index (χ2n) is 5.33. The largest absolute Gasteiger partial charge is 0.458 e. The average Bonchev–Trinajstić information content (AvgIpc) is 2.41. The quantitative estimate of drug-likeness (QED) is 0.699. The molecule has 0 aliphatic carbocycles. The molecular formula is C15H26O6. The molecule has 0 spiro atoms. The SMILES string of the molecule is CCCOC1O[C@H](CC)[C@@H](C)[C@H](OC(C)=O)[C@H]1OC(C)=O. The smallest absolute Gasteiger partial charge is 0.303 e. The first-order valence-corrected chi connectivity index (χ1v) is 7.52. The van der Waals surface area contributed by atoms with E-state index in [-0.39, 0.29) is 12.0 Å². The second-order valence-corrected chi connectivity index (χ2v) is 5.33. The Hall–Kier alpha value is -1.14. The van der Waals surface area contributed by atoms with Crippen molar-refractivity contribution in [1.29, 1.82) is 0 Å². The van der Waals surface area contributed by atoms with Gasteiger partial charge < -0.3 is 18.9 Å². The highest BCUT2D eigenvalue weighted by Crippen LogP contribution is 2.32. The molecule has 1 rings (SSSR count). The maximum atomic E-state index is 11.4. The zero-order valence-electron chi connectivity index (χ0n) is 13.5. The van der Waals surface area contributed by atoms with E-state index in [0.29, 0.717) is 6.61 Å². The molecule has 0 N–H and O–H groups in total. The summed E-state index contributed by atoms with van der Waals surface area (Å²) in [7, 11) is 0. The molecule has 21 heavy (non-hydrogen) atoms. The second kappa shape index (κ2) is 8.34. The Labute approximate surface area is 126 Å². The maximum Gasteiger partial charge on any atom is 0.303 e. The Bertz CT molecular complexity index is 356. The van der Waals surface area contributed by atoms with Crippen molar-refractivity contribution >= 4 is 11.9 Å². The van der Waals surface area contributed by atoms with Crippen LogP contribution in [0.25, 0.3) is 0 Å². The molecule has 1 unspecified atom stereocenters. The molecule has 6 heteroatoms. The number of rotatable bonds is 6. The van der Waals surface area contributed by atoms with E-state index < -0.39 is 30.4 Å². The van der Waals surface area contributed by atoms with E-state index in [1.54, 1.807) is 0 Å². The van der Waals surface area contributed by atoms with E-state index >= 15 is 0 Å². The molecule has 1 fully saturated rings. The van der Waals surface area contributed by atoms with Crippen molar-refractivity contribution in [2.45, 2.75) is 72.1 Å². The van der Waals surface area contributed by atoms with Crippen molar-refractivity contribution in [3.8, 4) is 0 Å². The topological polar surface area (TPSA) is 71.1 Å². The molecule has 0 radical (unpaired) electrons. The number of carbonyl (C=O) groups is 2. The molecule has 5 atom stereocenters. The fourth-order valence-corrected chi connectivity index (χ4v) is 2.56. The number of esters is 2. The molecule has 0 amide bonds. The van der Waals surface area contributed by atoms with Gasteiger partial charge in [0.05, 0.1) is 6.10 Å². The summed E-state index contributed by atoms with van der Waals surface area (Å²) >= 11 is 0. The molecule has 0 aromatic carbocycles. The molecule has 0 bridgehead atoms. The van der Waals surface area contributed by atoms with Gasteiger partial charge in [0, 0.05) is 26.4 Å². The van der Waals surface area contributed by atoms with Crippen molar-refractivity contribution in [2.75, 3.05) is 6.61 Å². The highest BCUT2D eigenvalue weighted by molar-refractivity contribution is 5.67. The van der Waals surface area contributed by atoms with E-state index in [4.69, 9.17) is 18.9 Å². The van der Waals surface area contributed by atoms with Crippen LogP contribution in [0.1, 0.15) is 47.5 Å². The van der Waals surface area contributed by atoms with E-state index in [9.17, 15) is 9.59 Å². The molecule has 0 aromatic heterocycles. The third-order valence-electron chi connectivity index (χ3n) is 3.50. The molecule has 1 aliphatic heterocycles. The minimum Gasteiger partial charge on any atom is -0.458 e. The van der Waals surface area contributed by atoms with Gasteiger partial charge >= 0.3 is 11.9 Å². The van der Waals surface area contributed by atoms with Crippen molar-refractivity contribution in [3.63, 3.8) is 0 Å². The highest BCUT2D eigenvalue weighted by atomic mass is 16.7. The van der Waals surface area contributed by atoms with Crippen molar-refractivity contribution < 1.29 is 28.5 Å². The third kappa shape index (κ3) is 4.97. The van der Waals surface area contributed by atoms with Gasteiger partial charge in [-0.3, -0.25) is 9.59 Å². The summed E-state index contributed by atoms with van der Waals surface area (Å²) in [4.78, 5) is 22.7. The van der Waals surface area contributed by atoms with Crippen LogP contribution in [0.5, 0.6) is 0 Å². The summed E-state index contributed by atoms with van der Waals surface area (Å²) in [5.74, 6) is -0.937. The summed E-state index contributed by atoms with van der Waals surface area (Å²) < 4.78 is 22.2. The normalized spacial score (nSPS) is 32.5. The van der Waals surface area contributed by atoms with Crippen LogP contribution in [0.2, 0.25) is 0 Å². The molecule has 0 aromatic rings. The standard InChI is InChI=1S/C15H26O6/c1-6-8-18-15-14(20-11(5)17)13(19-10(4)16)9(3)12(7-2)21-15/h9,12-15H,6-8H2,1-5H3/t9-,12-,13+,14-,15?/m1/s1. The van der Waals surface area contributed by atoms with Crippen LogP contribution in [-0.4, -0.2) is 43.1 Å². The fraction of sp³-hybridized carbons (Fsp3) is 0.867. The van der Waals surface area contributed by atoms with Crippen LogP contribution in [0.4, 0.5) is 0 Å². The number of carbonyl (C=O) groups excluding carboxylic acids is 2. The fourth-order valence-electron chi connectivity index (χ4n) is 2.56.